The van der Waals surface area contributed by atoms with Crippen LogP contribution >= 0.6 is 0 Å². The molecular weight excluding hydrogens is 338 g/mol. The van der Waals surface area contributed by atoms with Gasteiger partial charge in [0.2, 0.25) is 5.91 Å². The third kappa shape index (κ3) is 8.06. The van der Waals surface area contributed by atoms with E-state index >= 15 is 0 Å². The van der Waals surface area contributed by atoms with Gasteiger partial charge >= 0.3 is 5.97 Å². The van der Waals surface area contributed by atoms with E-state index in [0.29, 0.717) is 19.6 Å². The van der Waals surface area contributed by atoms with Crippen molar-refractivity contribution in [2.75, 3.05) is 13.2 Å². The van der Waals surface area contributed by atoms with Crippen LogP contribution in [0.4, 0.5) is 0 Å². The van der Waals surface area contributed by atoms with Gasteiger partial charge in [-0.05, 0) is 25.7 Å². The van der Waals surface area contributed by atoms with Gasteiger partial charge in [0.15, 0.2) is 5.54 Å². The average Bonchev–Trinajstić information content (AvgIpc) is 3.09. The zero-order chi connectivity index (χ0) is 20.0. The van der Waals surface area contributed by atoms with Crippen molar-refractivity contribution in [3.05, 3.63) is 12.2 Å². The second kappa shape index (κ2) is 13.8. The molecule has 1 rings (SSSR count). The number of carbonyl (C=O) groups is 2. The Kier molecular flexibility index (Phi) is 12.1. The van der Waals surface area contributed by atoms with Crippen molar-refractivity contribution in [2.24, 2.45) is 0 Å². The Balaban J connectivity index is 2.45. The highest BCUT2D eigenvalue weighted by atomic mass is 16.5. The molecule has 0 N–H and O–H groups in total. The standard InChI is InChI=1S/C23H41NO3/c1-4-6-8-10-11-12-13-15-20-27-22(26)23(17-14-9-7-5-2)18-16-19-24(23)21(3)25/h14,17H,4-13,15-16,18-20H2,1-3H3/b17-14+. The lowest BCUT2D eigenvalue weighted by Crippen LogP contribution is -2.52. The van der Waals surface area contributed by atoms with Crippen LogP contribution in [0.5, 0.6) is 0 Å². The molecule has 156 valence electrons. The fourth-order valence-electron chi connectivity index (χ4n) is 3.86. The highest BCUT2D eigenvalue weighted by Gasteiger charge is 2.48. The molecule has 0 saturated carbocycles. The maximum absolute atomic E-state index is 12.9. The molecule has 1 atom stereocenters. The topological polar surface area (TPSA) is 46.6 Å². The number of rotatable bonds is 14. The molecular formula is C23H41NO3. The third-order valence-electron chi connectivity index (χ3n) is 5.50. The van der Waals surface area contributed by atoms with Crippen molar-refractivity contribution < 1.29 is 14.3 Å². The lowest BCUT2D eigenvalue weighted by Gasteiger charge is -2.33. The van der Waals surface area contributed by atoms with E-state index in [1.165, 1.54) is 38.5 Å². The van der Waals surface area contributed by atoms with Crippen molar-refractivity contribution in [1.29, 1.82) is 0 Å². The number of hydrogen-bond acceptors (Lipinski definition) is 3. The van der Waals surface area contributed by atoms with Gasteiger partial charge in [0.1, 0.15) is 0 Å². The van der Waals surface area contributed by atoms with E-state index in [0.717, 1.165) is 38.5 Å². The Morgan fingerprint density at radius 3 is 2.22 bits per heavy atom. The third-order valence-corrected chi connectivity index (χ3v) is 5.50. The molecule has 1 fully saturated rings. The molecule has 4 nitrogen and oxygen atoms in total. The second-order valence-electron chi connectivity index (χ2n) is 7.85. The zero-order valence-corrected chi connectivity index (χ0v) is 17.9. The summed E-state index contributed by atoms with van der Waals surface area (Å²) in [4.78, 5) is 26.6. The van der Waals surface area contributed by atoms with Gasteiger partial charge in [0, 0.05) is 13.5 Å². The minimum absolute atomic E-state index is 0.0447. The van der Waals surface area contributed by atoms with Gasteiger partial charge in [-0.1, -0.05) is 83.8 Å². The number of ether oxygens (including phenoxy) is 1. The molecule has 0 aromatic rings. The first-order valence-corrected chi connectivity index (χ1v) is 11.2. The van der Waals surface area contributed by atoms with Crippen molar-refractivity contribution in [2.45, 2.75) is 110 Å². The second-order valence-corrected chi connectivity index (χ2v) is 7.85. The van der Waals surface area contributed by atoms with Gasteiger partial charge in [0.25, 0.3) is 0 Å². The fraction of sp³-hybridized carbons (Fsp3) is 0.826. The highest BCUT2D eigenvalue weighted by Crippen LogP contribution is 2.33. The van der Waals surface area contributed by atoms with E-state index in [9.17, 15) is 9.59 Å². The number of allylic oxidation sites excluding steroid dienone is 1. The van der Waals surface area contributed by atoms with Crippen molar-refractivity contribution in [1.82, 2.24) is 4.90 Å². The van der Waals surface area contributed by atoms with E-state index < -0.39 is 5.54 Å². The molecule has 0 bridgehead atoms. The average molecular weight is 380 g/mol. The summed E-state index contributed by atoms with van der Waals surface area (Å²) in [5.74, 6) is -0.289. The number of unbranched alkanes of at least 4 members (excludes halogenated alkanes) is 9. The van der Waals surface area contributed by atoms with Gasteiger partial charge in [-0.2, -0.15) is 0 Å². The minimum atomic E-state index is -0.875. The SMILES string of the molecule is CCCC/C=C/C1(C(=O)OCCCCCCCCCC)CCCN1C(C)=O. The van der Waals surface area contributed by atoms with E-state index in [1.54, 1.807) is 11.8 Å². The van der Waals surface area contributed by atoms with Gasteiger partial charge in [-0.25, -0.2) is 4.79 Å². The van der Waals surface area contributed by atoms with Crippen LogP contribution < -0.4 is 0 Å². The molecule has 0 aromatic heterocycles. The Hall–Kier alpha value is -1.32. The van der Waals surface area contributed by atoms with Crippen LogP contribution in [-0.2, 0) is 14.3 Å². The summed E-state index contributed by atoms with van der Waals surface area (Å²) in [7, 11) is 0. The van der Waals surface area contributed by atoms with Gasteiger partial charge < -0.3 is 9.64 Å². The first kappa shape index (κ1) is 23.7. The molecule has 1 aliphatic heterocycles. The minimum Gasteiger partial charge on any atom is -0.464 e. The molecule has 1 unspecified atom stereocenters. The number of amides is 1. The first-order valence-electron chi connectivity index (χ1n) is 11.2. The summed E-state index contributed by atoms with van der Waals surface area (Å²) in [6, 6.07) is 0. The molecule has 0 aromatic carbocycles. The summed E-state index contributed by atoms with van der Waals surface area (Å²) in [6.45, 7) is 7.03. The van der Waals surface area contributed by atoms with Crippen LogP contribution in [0.3, 0.4) is 0 Å². The number of hydrogen-bond donors (Lipinski definition) is 0. The smallest absolute Gasteiger partial charge is 0.336 e. The molecule has 1 heterocycles. The van der Waals surface area contributed by atoms with Crippen LogP contribution in [0.1, 0.15) is 104 Å². The summed E-state index contributed by atoms with van der Waals surface area (Å²) < 4.78 is 5.63. The summed E-state index contributed by atoms with van der Waals surface area (Å²) in [6.07, 6.45) is 18.4. The molecule has 0 spiro atoms. The lowest BCUT2D eigenvalue weighted by molar-refractivity contribution is -0.158. The molecule has 1 saturated heterocycles. The van der Waals surface area contributed by atoms with E-state index in [4.69, 9.17) is 4.74 Å². The highest BCUT2D eigenvalue weighted by molar-refractivity contribution is 5.90. The molecule has 1 aliphatic rings. The molecule has 0 radical (unpaired) electrons. The molecule has 0 aliphatic carbocycles. The van der Waals surface area contributed by atoms with Crippen LogP contribution in [0.25, 0.3) is 0 Å². The zero-order valence-electron chi connectivity index (χ0n) is 17.9. The molecule has 27 heavy (non-hydrogen) atoms. The Labute approximate surface area is 166 Å². The van der Waals surface area contributed by atoms with Crippen molar-refractivity contribution in [3.63, 3.8) is 0 Å². The summed E-state index contributed by atoms with van der Waals surface area (Å²) in [5, 5.41) is 0. The quantitative estimate of drug-likeness (QED) is 0.218. The maximum Gasteiger partial charge on any atom is 0.336 e. The normalized spacial score (nSPS) is 19.7. The van der Waals surface area contributed by atoms with E-state index in [-0.39, 0.29) is 11.9 Å². The number of esters is 1. The van der Waals surface area contributed by atoms with Crippen LogP contribution in [-0.4, -0.2) is 35.5 Å². The monoisotopic (exact) mass is 379 g/mol. The van der Waals surface area contributed by atoms with E-state index in [2.05, 4.69) is 19.9 Å². The number of carbonyl (C=O) groups excluding carboxylic acids is 2. The lowest BCUT2D eigenvalue weighted by atomic mass is 9.94. The van der Waals surface area contributed by atoms with Crippen molar-refractivity contribution >= 4 is 11.9 Å². The molecule has 1 amide bonds. The predicted octanol–water partition coefficient (Wildman–Crippen LogP) is 5.80. The Morgan fingerprint density at radius 2 is 1.59 bits per heavy atom. The Bertz CT molecular complexity index is 461. The largest absolute Gasteiger partial charge is 0.464 e. The Morgan fingerprint density at radius 1 is 0.963 bits per heavy atom. The number of likely N-dealkylation sites (tertiary alicyclic amines) is 1. The van der Waals surface area contributed by atoms with Crippen molar-refractivity contribution in [3.8, 4) is 0 Å². The molecule has 4 heteroatoms. The van der Waals surface area contributed by atoms with Crippen LogP contribution in [0, 0.1) is 0 Å². The van der Waals surface area contributed by atoms with Gasteiger partial charge in [-0.15, -0.1) is 0 Å². The predicted molar refractivity (Wildman–Crippen MR) is 112 cm³/mol. The van der Waals surface area contributed by atoms with Gasteiger partial charge in [-0.3, -0.25) is 4.79 Å². The van der Waals surface area contributed by atoms with Crippen LogP contribution in [0.2, 0.25) is 0 Å². The van der Waals surface area contributed by atoms with Gasteiger partial charge in [0.05, 0.1) is 6.61 Å². The first-order chi connectivity index (χ1) is 13.1. The summed E-state index contributed by atoms with van der Waals surface area (Å²) in [5.41, 5.74) is -0.875. The van der Waals surface area contributed by atoms with E-state index in [1.807, 2.05) is 6.08 Å². The summed E-state index contributed by atoms with van der Waals surface area (Å²) >= 11 is 0. The fourth-order valence-corrected chi connectivity index (χ4v) is 3.86. The maximum atomic E-state index is 12.9. The van der Waals surface area contributed by atoms with Crippen LogP contribution in [0.15, 0.2) is 12.2 Å². The number of nitrogens with zero attached hydrogens (tertiary/aromatic N) is 1.